The molecule has 174 valence electrons. The van der Waals surface area contributed by atoms with Crippen molar-refractivity contribution in [1.82, 2.24) is 4.90 Å². The fraction of sp³-hybridized carbons (Fsp3) is 0.300. The van der Waals surface area contributed by atoms with Crippen molar-refractivity contribution in [1.29, 1.82) is 0 Å². The molecule has 34 heavy (non-hydrogen) atoms. The maximum absolute atomic E-state index is 13.0. The number of likely N-dealkylation sites (tertiary alicyclic amines) is 1. The first kappa shape index (κ1) is 22.3. The van der Waals surface area contributed by atoms with Gasteiger partial charge >= 0.3 is 0 Å². The van der Waals surface area contributed by atoms with Crippen molar-refractivity contribution in [3.8, 4) is 16.9 Å². The summed E-state index contributed by atoms with van der Waals surface area (Å²) in [6.07, 6.45) is 5.71. The molecule has 5 rings (SSSR count). The van der Waals surface area contributed by atoms with Crippen LogP contribution in [-0.4, -0.2) is 30.5 Å². The van der Waals surface area contributed by atoms with E-state index in [0.717, 1.165) is 64.9 Å². The van der Waals surface area contributed by atoms with E-state index in [1.54, 1.807) is 6.08 Å². The molecule has 1 saturated heterocycles. The minimum absolute atomic E-state index is 0.0777. The van der Waals surface area contributed by atoms with Crippen LogP contribution >= 0.6 is 0 Å². The zero-order valence-electron chi connectivity index (χ0n) is 20.1. The quantitative estimate of drug-likeness (QED) is 0.297. The van der Waals surface area contributed by atoms with E-state index >= 15 is 0 Å². The third kappa shape index (κ3) is 4.33. The number of carbonyl (C=O) groups is 1. The lowest BCUT2D eigenvalue weighted by Gasteiger charge is -2.29. The van der Waals surface area contributed by atoms with Crippen LogP contribution in [0.25, 0.3) is 38.4 Å². The lowest BCUT2D eigenvalue weighted by molar-refractivity contribution is -0.127. The van der Waals surface area contributed by atoms with Gasteiger partial charge in [0, 0.05) is 41.7 Å². The summed E-state index contributed by atoms with van der Waals surface area (Å²) in [6, 6.07) is 18.9. The number of amides is 1. The maximum Gasteiger partial charge on any atom is 0.246 e. The SMILES string of the molecule is CCOc1cc2occ(-c3ccc4ccccc4c3)c2cc1/C(C)=C/C(=O)N1CCC(C)CC1. The normalized spacial score (nSPS) is 15.3. The number of ether oxygens (including phenoxy) is 1. The van der Waals surface area contributed by atoms with Gasteiger partial charge in [-0.3, -0.25) is 4.79 Å². The Morgan fingerprint density at radius 1 is 1.09 bits per heavy atom. The van der Waals surface area contributed by atoms with Gasteiger partial charge in [-0.15, -0.1) is 0 Å². The van der Waals surface area contributed by atoms with Crippen molar-refractivity contribution in [2.45, 2.75) is 33.6 Å². The van der Waals surface area contributed by atoms with Crippen LogP contribution in [0, 0.1) is 5.92 Å². The number of fused-ring (bicyclic) bond motifs is 2. The molecule has 0 aliphatic carbocycles. The molecule has 1 aliphatic rings. The van der Waals surface area contributed by atoms with Gasteiger partial charge in [0.25, 0.3) is 0 Å². The van der Waals surface area contributed by atoms with Gasteiger partial charge in [-0.1, -0.05) is 43.3 Å². The number of piperidine rings is 1. The van der Waals surface area contributed by atoms with Gasteiger partial charge in [-0.05, 0) is 66.6 Å². The van der Waals surface area contributed by atoms with E-state index in [4.69, 9.17) is 9.15 Å². The number of carbonyl (C=O) groups excluding carboxylic acids is 1. The van der Waals surface area contributed by atoms with Crippen LogP contribution in [-0.2, 0) is 4.79 Å². The fourth-order valence-electron chi connectivity index (χ4n) is 4.80. The maximum atomic E-state index is 13.0. The van der Waals surface area contributed by atoms with E-state index in [0.29, 0.717) is 12.5 Å². The van der Waals surface area contributed by atoms with Crippen molar-refractivity contribution in [3.05, 3.63) is 72.5 Å². The molecule has 1 amide bonds. The van der Waals surface area contributed by atoms with E-state index in [9.17, 15) is 4.79 Å². The van der Waals surface area contributed by atoms with Crippen molar-refractivity contribution < 1.29 is 13.9 Å². The Hall–Kier alpha value is -3.53. The molecule has 0 spiro atoms. The van der Waals surface area contributed by atoms with Crippen molar-refractivity contribution in [2.75, 3.05) is 19.7 Å². The largest absolute Gasteiger partial charge is 0.493 e. The Morgan fingerprint density at radius 3 is 2.62 bits per heavy atom. The van der Waals surface area contributed by atoms with Crippen LogP contribution < -0.4 is 4.74 Å². The predicted octanol–water partition coefficient (Wildman–Crippen LogP) is 7.31. The summed E-state index contributed by atoms with van der Waals surface area (Å²) in [5, 5.41) is 3.42. The van der Waals surface area contributed by atoms with Crippen molar-refractivity contribution >= 4 is 33.2 Å². The van der Waals surface area contributed by atoms with Crippen LogP contribution in [0.3, 0.4) is 0 Å². The number of furan rings is 1. The highest BCUT2D eigenvalue weighted by Crippen LogP contribution is 2.38. The smallest absolute Gasteiger partial charge is 0.246 e. The van der Waals surface area contributed by atoms with Crippen LogP contribution in [0.1, 0.15) is 39.2 Å². The van der Waals surface area contributed by atoms with Crippen LogP contribution in [0.2, 0.25) is 0 Å². The molecule has 1 aromatic heterocycles. The van der Waals surface area contributed by atoms with Gasteiger partial charge < -0.3 is 14.1 Å². The van der Waals surface area contributed by atoms with E-state index in [-0.39, 0.29) is 5.91 Å². The standard InChI is InChI=1S/C30H31NO3/c1-4-33-28-18-29-26(17-25(28)21(3)15-30(32)31-13-11-20(2)12-14-31)27(19-34-29)24-10-9-22-7-5-6-8-23(22)16-24/h5-10,15-20H,4,11-14H2,1-3H3/b21-15+. The number of allylic oxidation sites excluding steroid dienone is 1. The topological polar surface area (TPSA) is 42.7 Å². The molecule has 2 heterocycles. The second-order valence-corrected chi connectivity index (χ2v) is 9.32. The van der Waals surface area contributed by atoms with E-state index < -0.39 is 0 Å². The molecule has 0 radical (unpaired) electrons. The van der Waals surface area contributed by atoms with Crippen molar-refractivity contribution in [2.24, 2.45) is 5.92 Å². The molecule has 4 nitrogen and oxygen atoms in total. The average molecular weight is 454 g/mol. The number of rotatable bonds is 5. The molecular formula is C30H31NO3. The van der Waals surface area contributed by atoms with Crippen LogP contribution in [0.5, 0.6) is 5.75 Å². The molecule has 3 aromatic carbocycles. The Kier molecular flexibility index (Phi) is 6.14. The second kappa shape index (κ2) is 9.38. The highest BCUT2D eigenvalue weighted by atomic mass is 16.5. The molecule has 1 fully saturated rings. The number of nitrogens with zero attached hydrogens (tertiary/aromatic N) is 1. The van der Waals surface area contributed by atoms with Crippen molar-refractivity contribution in [3.63, 3.8) is 0 Å². The lowest BCUT2D eigenvalue weighted by Crippen LogP contribution is -2.36. The monoisotopic (exact) mass is 453 g/mol. The third-order valence-electron chi connectivity index (χ3n) is 6.90. The summed E-state index contributed by atoms with van der Waals surface area (Å²) in [5.41, 5.74) is 4.75. The van der Waals surface area contributed by atoms with Crippen LogP contribution in [0.4, 0.5) is 0 Å². The molecule has 1 aliphatic heterocycles. The molecule has 0 saturated carbocycles. The molecule has 4 heteroatoms. The summed E-state index contributed by atoms with van der Waals surface area (Å²) in [6.45, 7) is 8.41. The fourth-order valence-corrected chi connectivity index (χ4v) is 4.80. The molecule has 4 aromatic rings. The number of hydrogen-bond donors (Lipinski definition) is 0. The zero-order chi connectivity index (χ0) is 23.7. The van der Waals surface area contributed by atoms with E-state index in [1.165, 1.54) is 10.8 Å². The first-order chi connectivity index (χ1) is 16.5. The molecule has 0 unspecified atom stereocenters. The Morgan fingerprint density at radius 2 is 1.85 bits per heavy atom. The van der Waals surface area contributed by atoms with Gasteiger partial charge in [0.1, 0.15) is 11.3 Å². The highest BCUT2D eigenvalue weighted by molar-refractivity contribution is 6.01. The summed E-state index contributed by atoms with van der Waals surface area (Å²) in [4.78, 5) is 14.9. The summed E-state index contributed by atoms with van der Waals surface area (Å²) in [7, 11) is 0. The minimum atomic E-state index is 0.0777. The predicted molar refractivity (Wildman–Crippen MR) is 139 cm³/mol. The third-order valence-corrected chi connectivity index (χ3v) is 6.90. The Labute approximate surface area is 200 Å². The van der Waals surface area contributed by atoms with Gasteiger partial charge in [0.05, 0.1) is 12.9 Å². The molecule has 0 atom stereocenters. The van der Waals surface area contributed by atoms with E-state index in [2.05, 4.69) is 55.5 Å². The second-order valence-electron chi connectivity index (χ2n) is 9.32. The van der Waals surface area contributed by atoms with Gasteiger partial charge in [-0.25, -0.2) is 0 Å². The van der Waals surface area contributed by atoms with Gasteiger partial charge in [0.15, 0.2) is 0 Å². The van der Waals surface area contributed by atoms with Gasteiger partial charge in [0.2, 0.25) is 5.91 Å². The van der Waals surface area contributed by atoms with E-state index in [1.807, 2.05) is 31.1 Å². The molecule has 0 N–H and O–H groups in total. The Bertz CT molecular complexity index is 1370. The first-order valence-electron chi connectivity index (χ1n) is 12.2. The summed E-state index contributed by atoms with van der Waals surface area (Å²) in [5.74, 6) is 1.51. The van der Waals surface area contributed by atoms with Crippen LogP contribution in [0.15, 0.2) is 71.4 Å². The molecular weight excluding hydrogens is 422 g/mol. The summed E-state index contributed by atoms with van der Waals surface area (Å²) >= 11 is 0. The number of hydrogen-bond acceptors (Lipinski definition) is 3. The summed E-state index contributed by atoms with van der Waals surface area (Å²) < 4.78 is 11.9. The average Bonchev–Trinajstić information content (AvgIpc) is 3.26. The van der Waals surface area contributed by atoms with Gasteiger partial charge in [-0.2, -0.15) is 0 Å². The Balaban J connectivity index is 1.55. The highest BCUT2D eigenvalue weighted by Gasteiger charge is 2.20. The molecule has 0 bridgehead atoms. The minimum Gasteiger partial charge on any atom is -0.493 e. The first-order valence-corrected chi connectivity index (χ1v) is 12.2. The number of benzene rings is 3. The zero-order valence-corrected chi connectivity index (χ0v) is 20.1. The lowest BCUT2D eigenvalue weighted by atomic mass is 9.97.